The third kappa shape index (κ3) is 3.52. The van der Waals surface area contributed by atoms with Gasteiger partial charge in [-0.25, -0.2) is 4.99 Å². The Kier molecular flexibility index (Phi) is 4.91. The van der Waals surface area contributed by atoms with Gasteiger partial charge in [-0.3, -0.25) is 4.79 Å². The van der Waals surface area contributed by atoms with Crippen molar-refractivity contribution in [3.8, 4) is 11.1 Å². The monoisotopic (exact) mass is 370 g/mol. The fraction of sp³-hybridized carbons (Fsp3) is 0.130. The van der Waals surface area contributed by atoms with Crippen molar-refractivity contribution >= 4 is 23.0 Å². The lowest BCUT2D eigenvalue weighted by molar-refractivity contribution is -0.115. The van der Waals surface area contributed by atoms with Gasteiger partial charge in [0.25, 0.3) is 5.91 Å². The number of amides is 1. The highest BCUT2D eigenvalue weighted by atomic mass is 16.2. The standard InChI is InChI=1S/C23H22N4O/c1-27-20-13-6-5-12-19(20)26-21(22(27)24)23(28)25-15-16-8-7-11-18(14-16)17-9-3-2-4-10-17/h2-14,22H,15,24H2,1H3,(H,25,28). The summed E-state index contributed by atoms with van der Waals surface area (Å²) in [4.78, 5) is 19.1. The van der Waals surface area contributed by atoms with Gasteiger partial charge in [-0.2, -0.15) is 0 Å². The summed E-state index contributed by atoms with van der Waals surface area (Å²) in [6, 6.07) is 26.0. The number of benzene rings is 3. The van der Waals surface area contributed by atoms with Crippen LogP contribution in [0.1, 0.15) is 5.56 Å². The summed E-state index contributed by atoms with van der Waals surface area (Å²) >= 11 is 0. The number of nitrogens with two attached hydrogens (primary N) is 1. The molecule has 1 unspecified atom stereocenters. The van der Waals surface area contributed by atoms with Crippen LogP contribution in [0, 0.1) is 0 Å². The van der Waals surface area contributed by atoms with E-state index in [1.165, 1.54) is 0 Å². The van der Waals surface area contributed by atoms with E-state index in [0.29, 0.717) is 12.3 Å². The van der Waals surface area contributed by atoms with Gasteiger partial charge in [0.1, 0.15) is 11.9 Å². The van der Waals surface area contributed by atoms with E-state index < -0.39 is 6.17 Å². The molecule has 0 aliphatic carbocycles. The first-order valence-electron chi connectivity index (χ1n) is 9.22. The maximum Gasteiger partial charge on any atom is 0.269 e. The van der Waals surface area contributed by atoms with E-state index in [1.54, 1.807) is 0 Å². The molecule has 1 atom stereocenters. The van der Waals surface area contributed by atoms with E-state index in [-0.39, 0.29) is 5.91 Å². The Balaban J connectivity index is 1.50. The van der Waals surface area contributed by atoms with E-state index in [9.17, 15) is 4.79 Å². The molecule has 1 aliphatic rings. The molecule has 3 aromatic rings. The lowest BCUT2D eigenvalue weighted by atomic mass is 10.0. The Hall–Kier alpha value is -3.44. The van der Waals surface area contributed by atoms with Crippen LogP contribution in [-0.2, 0) is 11.3 Å². The van der Waals surface area contributed by atoms with Crippen LogP contribution in [0.2, 0.25) is 0 Å². The Labute approximate surface area is 164 Å². The lowest BCUT2D eigenvalue weighted by Gasteiger charge is -2.32. The van der Waals surface area contributed by atoms with Gasteiger partial charge in [-0.15, -0.1) is 0 Å². The number of aliphatic imine (C=N–C) groups is 1. The van der Waals surface area contributed by atoms with Crippen LogP contribution in [0.4, 0.5) is 11.4 Å². The van der Waals surface area contributed by atoms with Crippen molar-refractivity contribution in [1.29, 1.82) is 0 Å². The topological polar surface area (TPSA) is 70.7 Å². The van der Waals surface area contributed by atoms with Gasteiger partial charge in [0.2, 0.25) is 0 Å². The third-order valence-electron chi connectivity index (χ3n) is 4.92. The number of carbonyl (C=O) groups is 1. The molecule has 28 heavy (non-hydrogen) atoms. The van der Waals surface area contributed by atoms with Gasteiger partial charge in [-0.1, -0.05) is 60.7 Å². The molecule has 0 radical (unpaired) electrons. The molecule has 4 rings (SSSR count). The van der Waals surface area contributed by atoms with Crippen LogP contribution < -0.4 is 16.0 Å². The summed E-state index contributed by atoms with van der Waals surface area (Å²) in [6.07, 6.45) is -0.578. The SMILES string of the molecule is CN1c2ccccc2N=C(C(=O)NCc2cccc(-c3ccccc3)c2)C1N. The Morgan fingerprint density at radius 1 is 1.00 bits per heavy atom. The summed E-state index contributed by atoms with van der Waals surface area (Å²) in [6.45, 7) is 0.413. The molecule has 0 saturated heterocycles. The molecular formula is C23H22N4O. The highest BCUT2D eigenvalue weighted by Crippen LogP contribution is 2.32. The molecule has 1 aliphatic heterocycles. The van der Waals surface area contributed by atoms with E-state index in [0.717, 1.165) is 28.1 Å². The number of hydrogen-bond acceptors (Lipinski definition) is 4. The molecule has 0 saturated carbocycles. The number of para-hydroxylation sites is 2. The zero-order valence-electron chi connectivity index (χ0n) is 15.7. The van der Waals surface area contributed by atoms with Crippen LogP contribution in [0.3, 0.4) is 0 Å². The average Bonchev–Trinajstić information content (AvgIpc) is 2.75. The van der Waals surface area contributed by atoms with Crippen LogP contribution in [0.15, 0.2) is 83.9 Å². The molecular weight excluding hydrogens is 348 g/mol. The fourth-order valence-corrected chi connectivity index (χ4v) is 3.34. The van der Waals surface area contributed by atoms with Crippen molar-refractivity contribution in [1.82, 2.24) is 5.32 Å². The predicted molar refractivity (Wildman–Crippen MR) is 114 cm³/mol. The third-order valence-corrected chi connectivity index (χ3v) is 4.92. The smallest absolute Gasteiger partial charge is 0.269 e. The van der Waals surface area contributed by atoms with Gasteiger partial charge in [-0.05, 0) is 34.9 Å². The number of fused-ring (bicyclic) bond motifs is 1. The van der Waals surface area contributed by atoms with Gasteiger partial charge < -0.3 is 16.0 Å². The maximum absolute atomic E-state index is 12.7. The normalized spacial score (nSPS) is 15.6. The average molecular weight is 370 g/mol. The number of carbonyl (C=O) groups excluding carboxylic acids is 1. The first-order valence-corrected chi connectivity index (χ1v) is 9.22. The molecule has 1 heterocycles. The van der Waals surface area contributed by atoms with E-state index in [4.69, 9.17) is 5.73 Å². The Morgan fingerprint density at radius 3 is 2.54 bits per heavy atom. The first-order chi connectivity index (χ1) is 13.6. The molecule has 0 bridgehead atoms. The minimum atomic E-state index is -0.578. The van der Waals surface area contributed by atoms with Gasteiger partial charge in [0.15, 0.2) is 0 Å². The second-order valence-electron chi connectivity index (χ2n) is 6.79. The molecule has 5 nitrogen and oxygen atoms in total. The first kappa shape index (κ1) is 17.9. The van der Waals surface area contributed by atoms with Crippen molar-refractivity contribution in [3.63, 3.8) is 0 Å². The molecule has 0 aromatic heterocycles. The van der Waals surface area contributed by atoms with Crippen LogP contribution in [-0.4, -0.2) is 24.8 Å². The summed E-state index contributed by atoms with van der Waals surface area (Å²) in [5.74, 6) is -0.251. The van der Waals surface area contributed by atoms with Crippen molar-refractivity contribution in [3.05, 3.63) is 84.4 Å². The van der Waals surface area contributed by atoms with Crippen LogP contribution in [0.5, 0.6) is 0 Å². The quantitative estimate of drug-likeness (QED) is 0.739. The predicted octanol–water partition coefficient (Wildman–Crippen LogP) is 3.48. The summed E-state index contributed by atoms with van der Waals surface area (Å²) in [5.41, 5.74) is 11.5. The molecule has 140 valence electrons. The Morgan fingerprint density at radius 2 is 1.71 bits per heavy atom. The van der Waals surface area contributed by atoms with Gasteiger partial charge in [0.05, 0.1) is 11.4 Å². The van der Waals surface area contributed by atoms with E-state index in [1.807, 2.05) is 66.5 Å². The summed E-state index contributed by atoms with van der Waals surface area (Å²) < 4.78 is 0. The minimum Gasteiger partial charge on any atom is -0.352 e. The second kappa shape index (κ2) is 7.66. The van der Waals surface area contributed by atoms with Gasteiger partial charge in [0, 0.05) is 13.6 Å². The van der Waals surface area contributed by atoms with Crippen molar-refractivity contribution < 1.29 is 4.79 Å². The highest BCUT2D eigenvalue weighted by Gasteiger charge is 2.28. The zero-order chi connectivity index (χ0) is 19.5. The van der Waals surface area contributed by atoms with E-state index in [2.05, 4.69) is 34.6 Å². The second-order valence-corrected chi connectivity index (χ2v) is 6.79. The van der Waals surface area contributed by atoms with Crippen molar-refractivity contribution in [2.75, 3.05) is 11.9 Å². The number of hydrogen-bond donors (Lipinski definition) is 2. The number of rotatable bonds is 4. The van der Waals surface area contributed by atoms with Crippen molar-refractivity contribution in [2.24, 2.45) is 10.7 Å². The molecule has 5 heteroatoms. The minimum absolute atomic E-state index is 0.251. The number of nitrogens with zero attached hydrogens (tertiary/aromatic N) is 2. The van der Waals surface area contributed by atoms with Gasteiger partial charge >= 0.3 is 0 Å². The molecule has 3 N–H and O–H groups in total. The Bertz CT molecular complexity index is 1030. The van der Waals surface area contributed by atoms with E-state index >= 15 is 0 Å². The van der Waals surface area contributed by atoms with Crippen molar-refractivity contribution in [2.45, 2.75) is 12.7 Å². The summed E-state index contributed by atoms with van der Waals surface area (Å²) in [5, 5.41) is 2.95. The fourth-order valence-electron chi connectivity index (χ4n) is 3.34. The highest BCUT2D eigenvalue weighted by molar-refractivity contribution is 6.42. The number of nitrogens with one attached hydrogen (secondary N) is 1. The largest absolute Gasteiger partial charge is 0.352 e. The zero-order valence-corrected chi connectivity index (χ0v) is 15.7. The van der Waals surface area contributed by atoms with Crippen LogP contribution >= 0.6 is 0 Å². The van der Waals surface area contributed by atoms with Crippen LogP contribution in [0.25, 0.3) is 11.1 Å². The molecule has 3 aromatic carbocycles. The molecule has 0 fully saturated rings. The molecule has 0 spiro atoms. The summed E-state index contributed by atoms with van der Waals surface area (Å²) in [7, 11) is 1.87. The molecule has 1 amide bonds. The number of anilines is 1. The maximum atomic E-state index is 12.7. The lowest BCUT2D eigenvalue weighted by Crippen LogP contribution is -2.53.